The van der Waals surface area contributed by atoms with Crippen LogP contribution in [0.25, 0.3) is 0 Å². The minimum atomic E-state index is -0.818. The van der Waals surface area contributed by atoms with Crippen LogP contribution in [0.5, 0.6) is 0 Å². The molecule has 2 aromatic carbocycles. The van der Waals surface area contributed by atoms with Gasteiger partial charge in [-0.1, -0.05) is 48.5 Å². The Balaban J connectivity index is 2.05. The molecule has 2 atom stereocenters. The number of carbonyl (C=O) groups is 1. The van der Waals surface area contributed by atoms with Crippen LogP contribution in [0.15, 0.2) is 54.6 Å². The third-order valence-corrected chi connectivity index (χ3v) is 3.15. The lowest BCUT2D eigenvalue weighted by Crippen LogP contribution is -2.26. The molecule has 3 nitrogen and oxygen atoms in total. The Morgan fingerprint density at radius 1 is 0.944 bits per heavy atom. The van der Waals surface area contributed by atoms with E-state index in [0.717, 1.165) is 5.56 Å². The van der Waals surface area contributed by atoms with E-state index in [0.29, 0.717) is 11.1 Å². The monoisotopic (exact) mass is 240 g/mol. The predicted octanol–water partition coefficient (Wildman–Crippen LogP) is 2.63. The smallest absolute Gasteiger partial charge is 0.339 e. The summed E-state index contributed by atoms with van der Waals surface area (Å²) >= 11 is 0. The molecular formula is C15H12O3. The fraction of sp³-hybridized carbons (Fsp3) is 0.133. The lowest BCUT2D eigenvalue weighted by atomic mass is 9.92. The molecule has 0 bridgehead atoms. The molecule has 2 aromatic rings. The molecule has 1 heterocycles. The summed E-state index contributed by atoms with van der Waals surface area (Å²) in [4.78, 5) is 11.9. The highest BCUT2D eigenvalue weighted by Gasteiger charge is 2.34. The van der Waals surface area contributed by atoms with Crippen molar-refractivity contribution < 1.29 is 14.6 Å². The van der Waals surface area contributed by atoms with E-state index in [1.165, 1.54) is 0 Å². The van der Waals surface area contributed by atoms with Gasteiger partial charge in [-0.25, -0.2) is 4.79 Å². The van der Waals surface area contributed by atoms with Gasteiger partial charge >= 0.3 is 5.97 Å². The molecule has 0 aromatic heterocycles. The van der Waals surface area contributed by atoms with E-state index in [-0.39, 0.29) is 5.97 Å². The predicted molar refractivity (Wildman–Crippen MR) is 66.0 cm³/mol. The first-order chi connectivity index (χ1) is 8.77. The largest absolute Gasteiger partial charge is 0.451 e. The number of hydrogen-bond donors (Lipinski definition) is 1. The molecule has 90 valence electrons. The quantitative estimate of drug-likeness (QED) is 0.779. The summed E-state index contributed by atoms with van der Waals surface area (Å²) in [5.74, 6) is -0.384. The third-order valence-electron chi connectivity index (χ3n) is 3.15. The van der Waals surface area contributed by atoms with Crippen molar-refractivity contribution in [1.29, 1.82) is 0 Å². The highest BCUT2D eigenvalue weighted by Crippen LogP contribution is 2.38. The second-order valence-electron chi connectivity index (χ2n) is 4.27. The van der Waals surface area contributed by atoms with Gasteiger partial charge in [-0.05, 0) is 17.2 Å². The number of carbonyl (C=O) groups excluding carboxylic acids is 1. The molecule has 1 aliphatic rings. The lowest BCUT2D eigenvalue weighted by Gasteiger charge is -2.29. The van der Waals surface area contributed by atoms with E-state index >= 15 is 0 Å². The van der Waals surface area contributed by atoms with Crippen LogP contribution in [0.4, 0.5) is 0 Å². The molecule has 18 heavy (non-hydrogen) atoms. The first kappa shape index (κ1) is 11.0. The topological polar surface area (TPSA) is 46.5 Å². The minimum absolute atomic E-state index is 0.384. The Morgan fingerprint density at radius 2 is 1.61 bits per heavy atom. The molecule has 0 amide bonds. The van der Waals surface area contributed by atoms with Crippen molar-refractivity contribution in [2.75, 3.05) is 0 Å². The number of hydrogen-bond acceptors (Lipinski definition) is 3. The fourth-order valence-electron chi connectivity index (χ4n) is 2.24. The number of cyclic esters (lactones) is 1. The molecule has 0 unspecified atom stereocenters. The Hall–Kier alpha value is -2.13. The number of ether oxygens (including phenoxy) is 1. The van der Waals surface area contributed by atoms with Gasteiger partial charge in [0.25, 0.3) is 0 Å². The molecular weight excluding hydrogens is 228 g/mol. The first-order valence-corrected chi connectivity index (χ1v) is 5.80. The molecule has 0 aliphatic carbocycles. The molecule has 0 fully saturated rings. The summed E-state index contributed by atoms with van der Waals surface area (Å²) in [5, 5.41) is 10.3. The van der Waals surface area contributed by atoms with Crippen LogP contribution in [0.3, 0.4) is 0 Å². The summed E-state index contributed by atoms with van der Waals surface area (Å²) in [5.41, 5.74) is 1.87. The maximum Gasteiger partial charge on any atom is 0.339 e. The fourth-order valence-corrected chi connectivity index (χ4v) is 2.24. The van der Waals surface area contributed by atoms with Crippen LogP contribution >= 0.6 is 0 Å². The summed E-state index contributed by atoms with van der Waals surface area (Å²) in [6.07, 6.45) is -1.45. The highest BCUT2D eigenvalue weighted by atomic mass is 16.6. The van der Waals surface area contributed by atoms with Gasteiger partial charge in [0.2, 0.25) is 0 Å². The zero-order valence-corrected chi connectivity index (χ0v) is 9.61. The van der Waals surface area contributed by atoms with Gasteiger partial charge in [0.15, 0.2) is 6.10 Å². The van der Waals surface area contributed by atoms with Crippen molar-refractivity contribution in [3.63, 3.8) is 0 Å². The van der Waals surface area contributed by atoms with Crippen molar-refractivity contribution in [3.8, 4) is 0 Å². The van der Waals surface area contributed by atoms with Crippen molar-refractivity contribution in [2.24, 2.45) is 0 Å². The number of aliphatic hydroxyl groups excluding tert-OH is 1. The highest BCUT2D eigenvalue weighted by molar-refractivity contribution is 5.92. The van der Waals surface area contributed by atoms with Gasteiger partial charge < -0.3 is 9.84 Å². The van der Waals surface area contributed by atoms with E-state index in [1.54, 1.807) is 18.2 Å². The van der Waals surface area contributed by atoms with E-state index in [9.17, 15) is 9.90 Å². The van der Waals surface area contributed by atoms with Gasteiger partial charge in [-0.3, -0.25) is 0 Å². The van der Waals surface area contributed by atoms with E-state index < -0.39 is 12.2 Å². The van der Waals surface area contributed by atoms with Crippen LogP contribution in [0.1, 0.15) is 33.7 Å². The van der Waals surface area contributed by atoms with Crippen LogP contribution in [-0.4, -0.2) is 11.1 Å². The van der Waals surface area contributed by atoms with Crippen molar-refractivity contribution in [2.45, 2.75) is 12.2 Å². The minimum Gasteiger partial charge on any atom is -0.451 e. The van der Waals surface area contributed by atoms with Crippen LogP contribution < -0.4 is 0 Å². The Bertz CT molecular complexity index is 577. The van der Waals surface area contributed by atoms with E-state index in [1.807, 2.05) is 36.4 Å². The molecule has 0 saturated heterocycles. The molecule has 3 rings (SSSR count). The number of fused-ring (bicyclic) bond motifs is 1. The zero-order valence-electron chi connectivity index (χ0n) is 9.61. The number of esters is 1. The average Bonchev–Trinajstić information content (AvgIpc) is 2.44. The Labute approximate surface area is 105 Å². The van der Waals surface area contributed by atoms with Crippen molar-refractivity contribution >= 4 is 5.97 Å². The number of rotatable bonds is 1. The number of aliphatic hydroxyl groups is 1. The standard InChI is InChI=1S/C15H12O3/c16-13-11-8-4-5-9-12(11)15(17)18-14(13)10-6-2-1-3-7-10/h1-9,13-14,16H/t13-,14+/m0/s1. The van der Waals surface area contributed by atoms with Crippen molar-refractivity contribution in [3.05, 3.63) is 71.3 Å². The summed E-state index contributed by atoms with van der Waals surface area (Å²) in [6, 6.07) is 16.3. The van der Waals surface area contributed by atoms with E-state index in [4.69, 9.17) is 4.74 Å². The Morgan fingerprint density at radius 3 is 2.39 bits per heavy atom. The summed E-state index contributed by atoms with van der Waals surface area (Å²) < 4.78 is 5.32. The van der Waals surface area contributed by atoms with E-state index in [2.05, 4.69) is 0 Å². The molecule has 0 saturated carbocycles. The zero-order chi connectivity index (χ0) is 12.5. The van der Waals surface area contributed by atoms with Gasteiger partial charge in [-0.2, -0.15) is 0 Å². The summed E-state index contributed by atoms with van der Waals surface area (Å²) in [7, 11) is 0. The normalized spacial score (nSPS) is 22.2. The summed E-state index contributed by atoms with van der Waals surface area (Å²) in [6.45, 7) is 0. The van der Waals surface area contributed by atoms with Crippen LogP contribution in [0, 0.1) is 0 Å². The average molecular weight is 240 g/mol. The second-order valence-corrected chi connectivity index (χ2v) is 4.27. The first-order valence-electron chi connectivity index (χ1n) is 5.80. The van der Waals surface area contributed by atoms with Gasteiger partial charge in [0.05, 0.1) is 5.56 Å². The molecule has 3 heteroatoms. The van der Waals surface area contributed by atoms with Crippen molar-refractivity contribution in [1.82, 2.24) is 0 Å². The lowest BCUT2D eigenvalue weighted by molar-refractivity contribution is -0.0306. The maximum atomic E-state index is 11.9. The van der Waals surface area contributed by atoms with Crippen LogP contribution in [0.2, 0.25) is 0 Å². The third kappa shape index (κ3) is 1.69. The SMILES string of the molecule is O=C1O[C@H](c2ccccc2)[C@@H](O)c2ccccc21. The van der Waals surface area contributed by atoms with Crippen LogP contribution in [-0.2, 0) is 4.74 Å². The van der Waals surface area contributed by atoms with Gasteiger partial charge in [0, 0.05) is 0 Å². The van der Waals surface area contributed by atoms with Gasteiger partial charge in [0.1, 0.15) is 6.10 Å². The van der Waals surface area contributed by atoms with Gasteiger partial charge in [-0.15, -0.1) is 0 Å². The second kappa shape index (κ2) is 4.27. The molecule has 1 aliphatic heterocycles. The molecule has 0 spiro atoms. The molecule has 1 N–H and O–H groups in total. The maximum absolute atomic E-state index is 11.9. The Kier molecular flexibility index (Phi) is 2.61. The molecule has 0 radical (unpaired) electrons. The number of benzene rings is 2.